The average molecular weight is 431 g/mol. The lowest BCUT2D eigenvalue weighted by Crippen LogP contribution is -2.42. The normalized spacial score (nSPS) is 37.1. The molecule has 31 heavy (non-hydrogen) atoms. The fourth-order valence-corrected chi connectivity index (χ4v) is 7.53. The van der Waals surface area contributed by atoms with Crippen LogP contribution in [0.3, 0.4) is 0 Å². The van der Waals surface area contributed by atoms with Gasteiger partial charge in [0.1, 0.15) is 0 Å². The number of benzene rings is 1. The van der Waals surface area contributed by atoms with E-state index in [1.807, 2.05) is 36.4 Å². The molecule has 0 radical (unpaired) electrons. The molecule has 4 aliphatic carbocycles. The van der Waals surface area contributed by atoms with Gasteiger partial charge in [0, 0.05) is 21.1 Å². The van der Waals surface area contributed by atoms with Crippen molar-refractivity contribution in [1.29, 1.82) is 0 Å². The third kappa shape index (κ3) is 3.22. The van der Waals surface area contributed by atoms with Crippen molar-refractivity contribution in [3.05, 3.63) is 82.5 Å². The highest BCUT2D eigenvalue weighted by atomic mass is 32.2. The fourth-order valence-electron chi connectivity index (χ4n) is 6.73. The molecule has 0 bridgehead atoms. The van der Waals surface area contributed by atoms with Crippen molar-refractivity contribution in [3.8, 4) is 0 Å². The van der Waals surface area contributed by atoms with E-state index in [-0.39, 0.29) is 16.6 Å². The van der Waals surface area contributed by atoms with Crippen molar-refractivity contribution < 1.29 is 9.00 Å². The van der Waals surface area contributed by atoms with Crippen LogP contribution in [0.4, 0.5) is 0 Å². The smallest absolute Gasteiger partial charge is 0.178 e. The van der Waals surface area contributed by atoms with Gasteiger partial charge >= 0.3 is 0 Å². The molecule has 3 heteroatoms. The molecule has 0 saturated heterocycles. The molecule has 5 rings (SSSR count). The van der Waals surface area contributed by atoms with E-state index in [0.717, 1.165) is 30.6 Å². The van der Waals surface area contributed by atoms with Crippen LogP contribution in [-0.4, -0.2) is 9.99 Å². The average Bonchev–Trinajstić information content (AvgIpc) is 3.02. The summed E-state index contributed by atoms with van der Waals surface area (Å²) in [6, 6.07) is 9.62. The Morgan fingerprint density at radius 2 is 1.97 bits per heavy atom. The number of rotatable bonds is 2. The van der Waals surface area contributed by atoms with E-state index in [1.54, 1.807) is 11.5 Å². The second-order valence-electron chi connectivity index (χ2n) is 10.1. The van der Waals surface area contributed by atoms with Crippen LogP contribution in [0, 0.1) is 28.6 Å². The van der Waals surface area contributed by atoms with Crippen molar-refractivity contribution >= 4 is 16.6 Å². The fraction of sp³-hybridized carbons (Fsp3) is 0.429. The lowest BCUT2D eigenvalue weighted by atomic mass is 9.53. The summed E-state index contributed by atoms with van der Waals surface area (Å²) in [6.07, 6.45) is 12.5. The number of hydrogen-bond acceptors (Lipinski definition) is 2. The van der Waals surface area contributed by atoms with Gasteiger partial charge in [-0.05, 0) is 80.2 Å². The van der Waals surface area contributed by atoms with E-state index in [2.05, 4.69) is 38.7 Å². The number of fused-ring (bicyclic) bond motifs is 5. The van der Waals surface area contributed by atoms with Crippen molar-refractivity contribution in [2.45, 2.75) is 51.3 Å². The SMILES string of the molecule is C[C@H]1CC2C3CCC4=CC(=O)C=C[C@]4(C)C3=CC[C@]2(C)C1=C=CS(=O)c1ccccc1. The van der Waals surface area contributed by atoms with Crippen LogP contribution in [0.5, 0.6) is 0 Å². The van der Waals surface area contributed by atoms with E-state index in [9.17, 15) is 9.00 Å². The Morgan fingerprint density at radius 3 is 2.74 bits per heavy atom. The molecule has 160 valence electrons. The zero-order chi connectivity index (χ0) is 21.8. The van der Waals surface area contributed by atoms with E-state index in [0.29, 0.717) is 17.8 Å². The van der Waals surface area contributed by atoms with Crippen LogP contribution in [0.15, 0.2) is 87.4 Å². The lowest BCUT2D eigenvalue weighted by molar-refractivity contribution is -0.110. The van der Waals surface area contributed by atoms with Crippen LogP contribution in [0.25, 0.3) is 0 Å². The Kier molecular flexibility index (Phi) is 4.95. The molecule has 2 nitrogen and oxygen atoms in total. The molecule has 2 fully saturated rings. The molecule has 3 unspecified atom stereocenters. The van der Waals surface area contributed by atoms with Crippen LogP contribution in [0.2, 0.25) is 0 Å². The summed E-state index contributed by atoms with van der Waals surface area (Å²) in [6.45, 7) is 6.99. The van der Waals surface area contributed by atoms with Gasteiger partial charge in [-0.3, -0.25) is 4.79 Å². The van der Waals surface area contributed by atoms with Crippen molar-refractivity contribution in [1.82, 2.24) is 0 Å². The predicted molar refractivity (Wildman–Crippen MR) is 126 cm³/mol. The van der Waals surface area contributed by atoms with Crippen LogP contribution < -0.4 is 0 Å². The number of hydrogen-bond donors (Lipinski definition) is 0. The van der Waals surface area contributed by atoms with Gasteiger partial charge in [-0.1, -0.05) is 55.3 Å². The first-order valence-electron chi connectivity index (χ1n) is 11.4. The highest BCUT2D eigenvalue weighted by molar-refractivity contribution is 7.88. The first kappa shape index (κ1) is 20.7. The first-order chi connectivity index (χ1) is 14.8. The highest BCUT2D eigenvalue weighted by Crippen LogP contribution is 2.64. The van der Waals surface area contributed by atoms with E-state index in [1.165, 1.54) is 16.7 Å². The highest BCUT2D eigenvalue weighted by Gasteiger charge is 2.55. The van der Waals surface area contributed by atoms with Crippen LogP contribution in [0.1, 0.15) is 46.5 Å². The van der Waals surface area contributed by atoms with Gasteiger partial charge in [-0.25, -0.2) is 4.21 Å². The number of carbonyl (C=O) groups is 1. The summed E-state index contributed by atoms with van der Waals surface area (Å²) in [5.74, 6) is 1.69. The molecule has 0 aromatic heterocycles. The largest absolute Gasteiger partial charge is 0.290 e. The maximum absolute atomic E-state index is 12.8. The molecule has 4 aliphatic rings. The summed E-state index contributed by atoms with van der Waals surface area (Å²) in [5.41, 5.74) is 7.63. The Hall–Kier alpha value is -2.22. The third-order valence-corrected chi connectivity index (χ3v) is 9.42. The molecule has 6 atom stereocenters. The predicted octanol–water partition coefficient (Wildman–Crippen LogP) is 6.31. The molecular formula is C28H30O2S. The summed E-state index contributed by atoms with van der Waals surface area (Å²) in [7, 11) is -1.17. The Balaban J connectivity index is 1.51. The zero-order valence-corrected chi connectivity index (χ0v) is 19.4. The number of allylic oxidation sites excluding steroid dienone is 7. The van der Waals surface area contributed by atoms with Crippen molar-refractivity contribution in [2.24, 2.45) is 28.6 Å². The molecular weight excluding hydrogens is 400 g/mol. The Morgan fingerprint density at radius 1 is 1.19 bits per heavy atom. The molecule has 0 spiro atoms. The zero-order valence-electron chi connectivity index (χ0n) is 18.6. The standard InChI is InChI=1S/C28H30O2S/c1-19-17-26-23-10-9-20-18-21(29)11-14-27(20,2)25(23)12-15-28(26,3)24(19)13-16-31(30)22-7-5-4-6-8-22/h4-8,11-12,14,16,18-19,23,26H,9-10,15,17H2,1-3H3/t13?,19-,23?,26?,27-,28+,31?/m0/s1. The molecule has 1 aromatic rings. The van der Waals surface area contributed by atoms with E-state index < -0.39 is 10.8 Å². The molecule has 1 aromatic carbocycles. The van der Waals surface area contributed by atoms with Gasteiger partial charge in [0.05, 0.1) is 10.8 Å². The Bertz CT molecular complexity index is 1110. The molecule has 0 heterocycles. The topological polar surface area (TPSA) is 34.1 Å². The summed E-state index contributed by atoms with van der Waals surface area (Å²) in [5, 5.41) is 1.77. The molecule has 0 N–H and O–H groups in total. The van der Waals surface area contributed by atoms with Gasteiger partial charge in [0.2, 0.25) is 0 Å². The van der Waals surface area contributed by atoms with Gasteiger partial charge in [0.25, 0.3) is 0 Å². The number of carbonyl (C=O) groups excluding carboxylic acids is 1. The molecule has 0 aliphatic heterocycles. The van der Waals surface area contributed by atoms with Crippen LogP contribution in [-0.2, 0) is 15.6 Å². The minimum Gasteiger partial charge on any atom is -0.290 e. The number of ketones is 1. The van der Waals surface area contributed by atoms with Gasteiger partial charge in [-0.15, -0.1) is 5.73 Å². The first-order valence-corrected chi connectivity index (χ1v) is 12.6. The van der Waals surface area contributed by atoms with Crippen molar-refractivity contribution in [3.63, 3.8) is 0 Å². The minimum absolute atomic E-state index is 0.0662. The summed E-state index contributed by atoms with van der Waals surface area (Å²) in [4.78, 5) is 12.8. The lowest BCUT2D eigenvalue weighted by Gasteiger charge is -2.51. The Labute approximate surface area is 188 Å². The maximum atomic E-state index is 12.8. The monoisotopic (exact) mass is 430 g/mol. The third-order valence-electron chi connectivity index (χ3n) is 8.35. The van der Waals surface area contributed by atoms with Gasteiger partial charge < -0.3 is 0 Å². The second-order valence-corrected chi connectivity index (χ2v) is 11.4. The summed E-state index contributed by atoms with van der Waals surface area (Å²) < 4.78 is 12.8. The van der Waals surface area contributed by atoms with E-state index >= 15 is 0 Å². The van der Waals surface area contributed by atoms with Gasteiger partial charge in [0.15, 0.2) is 5.78 Å². The van der Waals surface area contributed by atoms with Crippen LogP contribution >= 0.6 is 0 Å². The summed E-state index contributed by atoms with van der Waals surface area (Å²) >= 11 is 0. The second kappa shape index (κ2) is 7.43. The quantitative estimate of drug-likeness (QED) is 0.407. The maximum Gasteiger partial charge on any atom is 0.178 e. The molecule has 2 saturated carbocycles. The molecule has 0 amide bonds. The van der Waals surface area contributed by atoms with E-state index in [4.69, 9.17) is 0 Å². The minimum atomic E-state index is -1.17. The van der Waals surface area contributed by atoms with Gasteiger partial charge in [-0.2, -0.15) is 0 Å². The van der Waals surface area contributed by atoms with Crippen molar-refractivity contribution in [2.75, 3.05) is 0 Å².